The predicted octanol–water partition coefficient (Wildman–Crippen LogP) is 3.21. The Morgan fingerprint density at radius 3 is 3.00 bits per heavy atom. The fourth-order valence-corrected chi connectivity index (χ4v) is 3.02. The normalized spacial score (nSPS) is 15.1. The zero-order valence-corrected chi connectivity index (χ0v) is 13.1. The molecule has 7 heteroatoms. The average Bonchev–Trinajstić information content (AvgIpc) is 3.21. The van der Waals surface area contributed by atoms with Gasteiger partial charge < -0.3 is 15.4 Å². The van der Waals surface area contributed by atoms with Gasteiger partial charge in [-0.05, 0) is 37.8 Å². The smallest absolute Gasteiger partial charge is 0.319 e. The molecule has 3 rings (SSSR count). The molecule has 1 aliphatic carbocycles. The van der Waals surface area contributed by atoms with Crippen molar-refractivity contribution in [3.05, 3.63) is 34.9 Å². The van der Waals surface area contributed by atoms with Gasteiger partial charge in [0.2, 0.25) is 5.88 Å². The first-order chi connectivity index (χ1) is 10.8. The van der Waals surface area contributed by atoms with Crippen molar-refractivity contribution in [2.75, 3.05) is 11.9 Å². The molecule has 1 atom stereocenters. The van der Waals surface area contributed by atoms with Gasteiger partial charge in [0.05, 0.1) is 12.6 Å². The first-order valence-electron chi connectivity index (χ1n) is 7.32. The summed E-state index contributed by atoms with van der Waals surface area (Å²) in [5.74, 6) is 0.912. The number of carbonyl (C=O) groups excluding carboxylic acids is 1. The monoisotopic (exact) mass is 318 g/mol. The maximum Gasteiger partial charge on any atom is 0.319 e. The lowest BCUT2D eigenvalue weighted by Crippen LogP contribution is -2.33. The molecule has 0 aromatic carbocycles. The van der Waals surface area contributed by atoms with Crippen LogP contribution in [0.5, 0.6) is 5.88 Å². The molecule has 2 heterocycles. The lowest BCUT2D eigenvalue weighted by Gasteiger charge is -2.17. The first-order valence-corrected chi connectivity index (χ1v) is 8.20. The number of hydrogen-bond acceptors (Lipinski definition) is 5. The second-order valence-corrected chi connectivity index (χ2v) is 6.00. The lowest BCUT2D eigenvalue weighted by atomic mass is 10.2. The van der Waals surface area contributed by atoms with Crippen molar-refractivity contribution in [1.29, 1.82) is 0 Å². The van der Waals surface area contributed by atoms with Crippen LogP contribution in [-0.4, -0.2) is 22.6 Å². The molecule has 0 aliphatic heterocycles. The van der Waals surface area contributed by atoms with Gasteiger partial charge in [-0.25, -0.2) is 14.8 Å². The van der Waals surface area contributed by atoms with Crippen molar-refractivity contribution in [3.63, 3.8) is 0 Å². The van der Waals surface area contributed by atoms with E-state index in [2.05, 4.69) is 20.6 Å². The third kappa shape index (κ3) is 3.54. The molecule has 116 valence electrons. The molecular weight excluding hydrogens is 300 g/mol. The van der Waals surface area contributed by atoms with Gasteiger partial charge in [0.25, 0.3) is 0 Å². The Morgan fingerprint density at radius 2 is 2.32 bits per heavy atom. The minimum absolute atomic E-state index is 0.0211. The van der Waals surface area contributed by atoms with Crippen molar-refractivity contribution < 1.29 is 9.53 Å². The zero-order valence-electron chi connectivity index (χ0n) is 12.3. The van der Waals surface area contributed by atoms with Crippen LogP contribution in [0.25, 0.3) is 0 Å². The van der Waals surface area contributed by atoms with Gasteiger partial charge in [-0.3, -0.25) is 0 Å². The fourth-order valence-electron chi connectivity index (χ4n) is 2.24. The molecule has 2 aromatic rings. The number of aromatic nitrogens is 2. The Balaban J connectivity index is 1.67. The third-order valence-corrected chi connectivity index (χ3v) is 4.26. The second-order valence-electron chi connectivity index (χ2n) is 5.07. The zero-order chi connectivity index (χ0) is 15.4. The van der Waals surface area contributed by atoms with Gasteiger partial charge in [-0.2, -0.15) is 0 Å². The molecule has 1 saturated carbocycles. The summed E-state index contributed by atoms with van der Waals surface area (Å²) in [7, 11) is 0. The van der Waals surface area contributed by atoms with E-state index in [0.29, 0.717) is 24.1 Å². The summed E-state index contributed by atoms with van der Waals surface area (Å²) in [4.78, 5) is 20.7. The minimum Gasteiger partial charge on any atom is -0.476 e. The van der Waals surface area contributed by atoms with Crippen LogP contribution >= 0.6 is 11.3 Å². The molecular formula is C15H18N4O2S. The molecule has 1 fully saturated rings. The number of nitrogens with one attached hydrogen (secondary N) is 2. The summed E-state index contributed by atoms with van der Waals surface area (Å²) in [6, 6.07) is 3.25. The van der Waals surface area contributed by atoms with E-state index in [1.165, 1.54) is 0 Å². The third-order valence-electron chi connectivity index (χ3n) is 3.40. The summed E-state index contributed by atoms with van der Waals surface area (Å²) in [5, 5.41) is 8.71. The highest BCUT2D eigenvalue weighted by molar-refractivity contribution is 7.09. The second kappa shape index (κ2) is 6.74. The molecule has 22 heavy (non-hydrogen) atoms. The summed E-state index contributed by atoms with van der Waals surface area (Å²) >= 11 is 1.57. The number of carbonyl (C=O) groups is 1. The average molecular weight is 318 g/mol. The number of urea groups is 1. The molecule has 0 bridgehead atoms. The number of amides is 2. The highest BCUT2D eigenvalue weighted by atomic mass is 32.1. The Labute approximate surface area is 132 Å². The number of rotatable bonds is 6. The Morgan fingerprint density at radius 1 is 1.45 bits per heavy atom. The number of anilines is 1. The minimum atomic E-state index is -0.263. The van der Waals surface area contributed by atoms with Gasteiger partial charge >= 0.3 is 6.03 Å². The van der Waals surface area contributed by atoms with E-state index in [1.54, 1.807) is 35.9 Å². The van der Waals surface area contributed by atoms with Crippen LogP contribution in [0, 0.1) is 5.92 Å². The summed E-state index contributed by atoms with van der Waals surface area (Å²) in [6.07, 6.45) is 5.66. The number of thiazole rings is 1. The van der Waals surface area contributed by atoms with Crippen LogP contribution in [0.1, 0.15) is 30.8 Å². The van der Waals surface area contributed by atoms with Crippen molar-refractivity contribution in [1.82, 2.24) is 15.3 Å². The van der Waals surface area contributed by atoms with Crippen molar-refractivity contribution in [2.24, 2.45) is 5.92 Å². The van der Waals surface area contributed by atoms with Gasteiger partial charge in [0.15, 0.2) is 0 Å². The van der Waals surface area contributed by atoms with Gasteiger partial charge in [-0.1, -0.05) is 0 Å². The van der Waals surface area contributed by atoms with E-state index >= 15 is 0 Å². The summed E-state index contributed by atoms with van der Waals surface area (Å²) in [5.41, 5.74) is 0.565. The quantitative estimate of drug-likeness (QED) is 0.857. The maximum absolute atomic E-state index is 12.3. The highest BCUT2D eigenvalue weighted by Gasteiger charge is 2.35. The van der Waals surface area contributed by atoms with Gasteiger partial charge in [-0.15, -0.1) is 11.3 Å². The molecule has 2 aromatic heterocycles. The van der Waals surface area contributed by atoms with Crippen LogP contribution in [0.15, 0.2) is 29.9 Å². The standard InChI is InChI=1S/C15H18N4O2S/c1-2-21-13-11(4-3-7-16-13)18-15(20)19-12(10-5-6-10)14-17-8-9-22-14/h3-4,7-10,12H,2,5-6H2,1H3,(H2,18,19,20)/t12-/m0/s1. The van der Waals surface area contributed by atoms with Gasteiger partial charge in [0.1, 0.15) is 10.7 Å². The van der Waals surface area contributed by atoms with E-state index in [-0.39, 0.29) is 12.1 Å². The van der Waals surface area contributed by atoms with E-state index in [9.17, 15) is 4.79 Å². The number of hydrogen-bond donors (Lipinski definition) is 2. The largest absolute Gasteiger partial charge is 0.476 e. The van der Waals surface area contributed by atoms with E-state index in [0.717, 1.165) is 17.8 Å². The van der Waals surface area contributed by atoms with E-state index in [4.69, 9.17) is 4.74 Å². The summed E-state index contributed by atoms with van der Waals surface area (Å²) in [6.45, 7) is 2.38. The highest BCUT2D eigenvalue weighted by Crippen LogP contribution is 2.41. The molecule has 0 spiro atoms. The van der Waals surface area contributed by atoms with Crippen molar-refractivity contribution in [2.45, 2.75) is 25.8 Å². The molecule has 1 aliphatic rings. The number of pyridine rings is 1. The molecule has 6 nitrogen and oxygen atoms in total. The first kappa shape index (κ1) is 14.8. The van der Waals surface area contributed by atoms with Crippen LogP contribution in [0.3, 0.4) is 0 Å². The van der Waals surface area contributed by atoms with E-state index < -0.39 is 0 Å². The Hall–Kier alpha value is -2.15. The van der Waals surface area contributed by atoms with Gasteiger partial charge in [0, 0.05) is 17.8 Å². The number of nitrogens with zero attached hydrogens (tertiary/aromatic N) is 2. The van der Waals surface area contributed by atoms with Crippen LogP contribution in [-0.2, 0) is 0 Å². The Bertz CT molecular complexity index is 628. The summed E-state index contributed by atoms with van der Waals surface area (Å²) < 4.78 is 5.41. The molecule has 2 N–H and O–H groups in total. The molecule has 2 amide bonds. The molecule has 0 saturated heterocycles. The van der Waals surface area contributed by atoms with Crippen molar-refractivity contribution >= 4 is 23.1 Å². The number of ether oxygens (including phenoxy) is 1. The van der Waals surface area contributed by atoms with Crippen LogP contribution < -0.4 is 15.4 Å². The van der Waals surface area contributed by atoms with Crippen LogP contribution in [0.2, 0.25) is 0 Å². The fraction of sp³-hybridized carbons (Fsp3) is 0.400. The Kier molecular flexibility index (Phi) is 4.53. The molecule has 0 radical (unpaired) electrons. The van der Waals surface area contributed by atoms with E-state index in [1.807, 2.05) is 12.3 Å². The predicted molar refractivity (Wildman–Crippen MR) is 85.1 cm³/mol. The topological polar surface area (TPSA) is 76.1 Å². The maximum atomic E-state index is 12.3. The van der Waals surface area contributed by atoms with Crippen molar-refractivity contribution in [3.8, 4) is 5.88 Å². The van der Waals surface area contributed by atoms with Crippen LogP contribution in [0.4, 0.5) is 10.5 Å². The SMILES string of the molecule is CCOc1ncccc1NC(=O)N[C@H](c1nccs1)C1CC1. The molecule has 0 unspecified atom stereocenters. The lowest BCUT2D eigenvalue weighted by molar-refractivity contribution is 0.246.